The van der Waals surface area contributed by atoms with Crippen LogP contribution in [-0.2, 0) is 38.0 Å². The summed E-state index contributed by atoms with van der Waals surface area (Å²) >= 11 is 0. The van der Waals surface area contributed by atoms with Gasteiger partial charge in [0.2, 0.25) is 0 Å². The van der Waals surface area contributed by atoms with E-state index in [4.69, 9.17) is 34.2 Å². The first-order valence-electron chi connectivity index (χ1n) is 20.4. The van der Waals surface area contributed by atoms with Crippen molar-refractivity contribution in [3.05, 3.63) is 71.8 Å². The third-order valence-corrected chi connectivity index (χ3v) is 10.3. The van der Waals surface area contributed by atoms with Crippen LogP contribution in [0.1, 0.15) is 139 Å². The number of hydrogen-bond acceptors (Lipinski definition) is 11. The van der Waals surface area contributed by atoms with Crippen molar-refractivity contribution in [2.45, 2.75) is 155 Å². The number of benzene rings is 2. The highest BCUT2D eigenvalue weighted by atomic mass is 16.7. The lowest BCUT2D eigenvalue weighted by atomic mass is 9.84. The summed E-state index contributed by atoms with van der Waals surface area (Å²) in [6.07, 6.45) is 10.3. The second-order valence-corrected chi connectivity index (χ2v) is 14.9. The molecule has 0 saturated carbocycles. The number of ether oxygens (including phenoxy) is 6. The lowest BCUT2D eigenvalue weighted by Crippen LogP contribution is -2.55. The summed E-state index contributed by atoms with van der Waals surface area (Å²) in [5.74, 6) is -2.60. The zero-order chi connectivity index (χ0) is 40.0. The van der Waals surface area contributed by atoms with Crippen molar-refractivity contribution in [3.63, 3.8) is 0 Å². The van der Waals surface area contributed by atoms with Gasteiger partial charge in [0.25, 0.3) is 0 Å². The summed E-state index contributed by atoms with van der Waals surface area (Å²) < 4.78 is 35.6. The molecule has 1 fully saturated rings. The van der Waals surface area contributed by atoms with E-state index < -0.39 is 60.6 Å². The van der Waals surface area contributed by atoms with E-state index in [0.29, 0.717) is 17.5 Å². The second kappa shape index (κ2) is 25.4. The summed E-state index contributed by atoms with van der Waals surface area (Å²) in [7, 11) is 0. The molecule has 55 heavy (non-hydrogen) atoms. The van der Waals surface area contributed by atoms with Crippen LogP contribution in [0.2, 0.25) is 0 Å². The summed E-state index contributed by atoms with van der Waals surface area (Å²) in [6, 6.07) is 16.4. The Hall–Kier alpha value is -3.80. The van der Waals surface area contributed by atoms with Crippen molar-refractivity contribution in [3.8, 4) is 0 Å². The third kappa shape index (κ3) is 16.5. The molecule has 2 aromatic rings. The Bertz CT molecular complexity index is 1410. The number of nitrogens with two attached hydrogens (primary N) is 1. The fourth-order valence-electron chi connectivity index (χ4n) is 6.92. The second-order valence-electron chi connectivity index (χ2n) is 14.9. The molecule has 0 radical (unpaired) electrons. The molecular formula is C44H65NO10. The van der Waals surface area contributed by atoms with Gasteiger partial charge in [0.1, 0.15) is 24.9 Å². The minimum absolute atomic E-state index is 0.120. The van der Waals surface area contributed by atoms with Gasteiger partial charge in [-0.05, 0) is 37.1 Å². The lowest BCUT2D eigenvalue weighted by molar-refractivity contribution is -0.275. The summed E-state index contributed by atoms with van der Waals surface area (Å²) in [5, 5.41) is 0. The van der Waals surface area contributed by atoms with E-state index >= 15 is 0 Å². The Morgan fingerprint density at radius 3 is 1.71 bits per heavy atom. The zero-order valence-corrected chi connectivity index (χ0v) is 33.7. The largest absolute Gasteiger partial charge is 0.463 e. The molecule has 1 saturated heterocycles. The van der Waals surface area contributed by atoms with E-state index in [1.54, 1.807) is 54.6 Å². The highest BCUT2D eigenvalue weighted by molar-refractivity contribution is 5.90. The molecule has 0 spiro atoms. The first-order chi connectivity index (χ1) is 26.5. The molecule has 2 N–H and O–H groups in total. The number of unbranched alkanes of at least 4 members (excludes halogenated alkanes) is 11. The molecule has 3 rings (SSSR count). The number of hydrogen-bond donors (Lipinski definition) is 1. The van der Waals surface area contributed by atoms with Crippen LogP contribution >= 0.6 is 0 Å². The Kier molecular flexibility index (Phi) is 21.0. The smallest absolute Gasteiger partial charge is 0.338 e. The molecule has 11 heteroatoms. The normalized spacial score (nSPS) is 21.2. The van der Waals surface area contributed by atoms with Crippen LogP contribution in [-0.4, -0.2) is 73.8 Å². The van der Waals surface area contributed by atoms with Crippen LogP contribution in [0.5, 0.6) is 0 Å². The first-order valence-corrected chi connectivity index (χ1v) is 20.4. The van der Waals surface area contributed by atoms with Crippen molar-refractivity contribution in [1.82, 2.24) is 0 Å². The maximum Gasteiger partial charge on any atom is 0.338 e. The number of carbonyl (C=O) groups excluding carboxylic acids is 4. The SMILES string of the molecule is CCCCCCCCCCCCCC[C@@H](OC(=O)c1ccccc1)[C@@H](OC(=O)c1ccccc1)[C@@H](N)COC1OC(COC(C)=O)C(OC(C)=O)C(C)C1C. The van der Waals surface area contributed by atoms with Crippen LogP contribution in [0.3, 0.4) is 0 Å². The molecule has 306 valence electrons. The van der Waals surface area contributed by atoms with Crippen LogP contribution < -0.4 is 5.73 Å². The van der Waals surface area contributed by atoms with E-state index in [2.05, 4.69) is 6.92 Å². The summed E-state index contributed by atoms with van der Waals surface area (Å²) in [6.45, 7) is 8.41. The van der Waals surface area contributed by atoms with Crippen LogP contribution in [0.25, 0.3) is 0 Å². The van der Waals surface area contributed by atoms with Crippen molar-refractivity contribution in [2.75, 3.05) is 13.2 Å². The van der Waals surface area contributed by atoms with Crippen LogP contribution in [0, 0.1) is 11.8 Å². The maximum atomic E-state index is 13.5. The van der Waals surface area contributed by atoms with Gasteiger partial charge in [0, 0.05) is 25.7 Å². The van der Waals surface area contributed by atoms with E-state index in [1.165, 1.54) is 65.2 Å². The number of esters is 4. The van der Waals surface area contributed by atoms with Gasteiger partial charge in [-0.25, -0.2) is 9.59 Å². The highest BCUT2D eigenvalue weighted by Gasteiger charge is 2.45. The van der Waals surface area contributed by atoms with Gasteiger partial charge < -0.3 is 34.2 Å². The van der Waals surface area contributed by atoms with Gasteiger partial charge in [0.15, 0.2) is 12.4 Å². The average molecular weight is 768 g/mol. The fourth-order valence-corrected chi connectivity index (χ4v) is 6.92. The third-order valence-electron chi connectivity index (χ3n) is 10.3. The van der Waals surface area contributed by atoms with Gasteiger partial charge >= 0.3 is 23.9 Å². The Morgan fingerprint density at radius 1 is 0.691 bits per heavy atom. The molecule has 1 aliphatic heterocycles. The van der Waals surface area contributed by atoms with Gasteiger partial charge in [-0.3, -0.25) is 9.59 Å². The predicted molar refractivity (Wildman–Crippen MR) is 210 cm³/mol. The Morgan fingerprint density at radius 2 is 1.20 bits per heavy atom. The van der Waals surface area contributed by atoms with E-state index in [-0.39, 0.29) is 25.0 Å². The molecular weight excluding hydrogens is 702 g/mol. The monoisotopic (exact) mass is 767 g/mol. The van der Waals surface area contributed by atoms with E-state index in [0.717, 1.165) is 25.7 Å². The van der Waals surface area contributed by atoms with Crippen LogP contribution in [0.4, 0.5) is 0 Å². The number of rotatable bonds is 25. The highest BCUT2D eigenvalue weighted by Crippen LogP contribution is 2.34. The Labute approximate surface area is 328 Å². The molecule has 0 aliphatic carbocycles. The predicted octanol–water partition coefficient (Wildman–Crippen LogP) is 8.36. The quantitative estimate of drug-likeness (QED) is 0.0590. The standard InChI is InChI=1S/C44H65NO10/c1-6-7-8-9-10-11-12-13-14-15-16-23-28-38(53-42(48)35-24-19-17-20-25-35)41(55-43(49)36-26-21-18-22-27-36)37(45)29-51-44-32(3)31(2)40(52-34(5)47)39(54-44)30-50-33(4)46/h17-22,24-27,31-32,37-41,44H,6-16,23,28-30,45H2,1-5H3/t31?,32?,37-,38+,39?,40?,41-,44?/m0/s1. The fraction of sp³-hybridized carbons (Fsp3) is 0.636. The molecule has 1 aliphatic rings. The average Bonchev–Trinajstić information content (AvgIpc) is 3.18. The Balaban J connectivity index is 1.75. The van der Waals surface area contributed by atoms with Gasteiger partial charge in [-0.1, -0.05) is 128 Å². The molecule has 0 aromatic heterocycles. The molecule has 2 aromatic carbocycles. The van der Waals surface area contributed by atoms with E-state index in [1.807, 2.05) is 19.9 Å². The van der Waals surface area contributed by atoms with Gasteiger partial charge in [0.05, 0.1) is 23.8 Å². The molecule has 5 unspecified atom stereocenters. The summed E-state index contributed by atoms with van der Waals surface area (Å²) in [5.41, 5.74) is 7.54. The number of carbonyl (C=O) groups is 4. The van der Waals surface area contributed by atoms with E-state index in [9.17, 15) is 19.2 Å². The lowest BCUT2D eigenvalue weighted by Gasteiger charge is -2.43. The molecule has 11 nitrogen and oxygen atoms in total. The molecule has 1 heterocycles. The molecule has 8 atom stereocenters. The van der Waals surface area contributed by atoms with Gasteiger partial charge in [-0.2, -0.15) is 0 Å². The topological polar surface area (TPSA) is 150 Å². The molecule has 0 amide bonds. The zero-order valence-electron chi connectivity index (χ0n) is 33.7. The van der Waals surface area contributed by atoms with Gasteiger partial charge in [-0.15, -0.1) is 0 Å². The minimum atomic E-state index is -1.06. The maximum absolute atomic E-state index is 13.5. The minimum Gasteiger partial charge on any atom is -0.463 e. The van der Waals surface area contributed by atoms with Crippen molar-refractivity contribution in [1.29, 1.82) is 0 Å². The van der Waals surface area contributed by atoms with Crippen LogP contribution in [0.15, 0.2) is 60.7 Å². The van der Waals surface area contributed by atoms with Crippen molar-refractivity contribution in [2.24, 2.45) is 17.6 Å². The summed E-state index contributed by atoms with van der Waals surface area (Å²) in [4.78, 5) is 50.6. The van der Waals surface area contributed by atoms with Crippen molar-refractivity contribution >= 4 is 23.9 Å². The first kappa shape index (κ1) is 45.6. The molecule has 0 bridgehead atoms. The van der Waals surface area contributed by atoms with Crippen molar-refractivity contribution < 1.29 is 47.6 Å².